The normalized spacial score (nSPS) is 25.9. The number of rotatable bonds is 3. The van der Waals surface area contributed by atoms with Gasteiger partial charge in [-0.3, -0.25) is 0 Å². The van der Waals surface area contributed by atoms with Crippen LogP contribution in [0.25, 0.3) is 0 Å². The van der Waals surface area contributed by atoms with Crippen LogP contribution in [0.1, 0.15) is 50.6 Å². The first-order valence-electron chi connectivity index (χ1n) is 6.97. The van der Waals surface area contributed by atoms with E-state index in [1.54, 1.807) is 6.07 Å². The zero-order valence-electron chi connectivity index (χ0n) is 11.2. The highest BCUT2D eigenvalue weighted by molar-refractivity contribution is 9.10. The minimum Gasteiger partial charge on any atom is -0.392 e. The number of nitrogens with one attached hydrogen (secondary N) is 1. The zero-order chi connectivity index (χ0) is 13.8. The molecule has 3 unspecified atom stereocenters. The zero-order valence-corrected chi connectivity index (χ0v) is 12.8. The van der Waals surface area contributed by atoms with Gasteiger partial charge in [-0.25, -0.2) is 4.39 Å². The van der Waals surface area contributed by atoms with Crippen LogP contribution in [0, 0.1) is 5.82 Å². The smallest absolute Gasteiger partial charge is 0.124 e. The summed E-state index contributed by atoms with van der Waals surface area (Å²) >= 11 is 3.40. The second kappa shape index (κ2) is 6.82. The van der Waals surface area contributed by atoms with Crippen molar-refractivity contribution in [2.75, 3.05) is 0 Å². The van der Waals surface area contributed by atoms with Gasteiger partial charge in [0.1, 0.15) is 5.82 Å². The Morgan fingerprint density at radius 1 is 1.32 bits per heavy atom. The molecule has 0 radical (unpaired) electrons. The molecule has 1 fully saturated rings. The molecule has 19 heavy (non-hydrogen) atoms. The summed E-state index contributed by atoms with van der Waals surface area (Å²) in [6, 6.07) is 4.97. The monoisotopic (exact) mass is 329 g/mol. The Morgan fingerprint density at radius 3 is 2.79 bits per heavy atom. The molecule has 0 aromatic heterocycles. The summed E-state index contributed by atoms with van der Waals surface area (Å²) in [7, 11) is 0. The van der Waals surface area contributed by atoms with Gasteiger partial charge < -0.3 is 10.4 Å². The van der Waals surface area contributed by atoms with E-state index in [1.165, 1.54) is 18.6 Å². The minimum atomic E-state index is -0.274. The van der Waals surface area contributed by atoms with Gasteiger partial charge >= 0.3 is 0 Å². The Balaban J connectivity index is 2.04. The third-order valence-corrected chi connectivity index (χ3v) is 4.56. The lowest BCUT2D eigenvalue weighted by atomic mass is 10.0. The summed E-state index contributed by atoms with van der Waals surface area (Å²) in [6.07, 6.45) is 5.06. The second-order valence-electron chi connectivity index (χ2n) is 5.37. The van der Waals surface area contributed by atoms with Crippen LogP contribution < -0.4 is 5.32 Å². The van der Waals surface area contributed by atoms with Crippen LogP contribution in [-0.4, -0.2) is 17.3 Å². The van der Waals surface area contributed by atoms with Crippen LogP contribution in [-0.2, 0) is 0 Å². The molecule has 1 saturated carbocycles. The van der Waals surface area contributed by atoms with E-state index >= 15 is 0 Å². The molecule has 2 N–H and O–H groups in total. The van der Waals surface area contributed by atoms with Gasteiger partial charge in [-0.2, -0.15) is 0 Å². The minimum absolute atomic E-state index is 0.0905. The highest BCUT2D eigenvalue weighted by Gasteiger charge is 2.23. The van der Waals surface area contributed by atoms with E-state index in [0.29, 0.717) is 0 Å². The highest BCUT2D eigenvalue weighted by Crippen LogP contribution is 2.26. The lowest BCUT2D eigenvalue weighted by Crippen LogP contribution is -2.40. The molecule has 1 aromatic carbocycles. The number of halogens is 2. The van der Waals surface area contributed by atoms with Crippen molar-refractivity contribution in [2.45, 2.75) is 57.2 Å². The Morgan fingerprint density at radius 2 is 2.05 bits per heavy atom. The summed E-state index contributed by atoms with van der Waals surface area (Å²) in [5.41, 5.74) is 1.03. The molecule has 1 aliphatic carbocycles. The van der Waals surface area contributed by atoms with E-state index in [4.69, 9.17) is 0 Å². The van der Waals surface area contributed by atoms with Gasteiger partial charge in [-0.05, 0) is 37.5 Å². The Bertz CT molecular complexity index is 427. The largest absolute Gasteiger partial charge is 0.392 e. The fraction of sp³-hybridized carbons (Fsp3) is 0.600. The molecule has 0 aliphatic heterocycles. The van der Waals surface area contributed by atoms with Crippen molar-refractivity contribution in [3.63, 3.8) is 0 Å². The van der Waals surface area contributed by atoms with Gasteiger partial charge in [-0.15, -0.1) is 0 Å². The van der Waals surface area contributed by atoms with Crippen molar-refractivity contribution in [3.8, 4) is 0 Å². The molecule has 0 spiro atoms. The number of aliphatic hydroxyl groups is 1. The van der Waals surface area contributed by atoms with E-state index in [-0.39, 0.29) is 24.0 Å². The summed E-state index contributed by atoms with van der Waals surface area (Å²) in [5, 5.41) is 13.6. The lowest BCUT2D eigenvalue weighted by molar-refractivity contribution is 0.115. The van der Waals surface area contributed by atoms with Crippen LogP contribution in [0.4, 0.5) is 4.39 Å². The molecule has 1 aliphatic rings. The topological polar surface area (TPSA) is 32.3 Å². The van der Waals surface area contributed by atoms with Gasteiger partial charge in [-0.1, -0.05) is 41.3 Å². The maximum atomic E-state index is 13.1. The Labute approximate surface area is 122 Å². The molecule has 0 amide bonds. The Hall–Kier alpha value is -0.450. The van der Waals surface area contributed by atoms with Crippen molar-refractivity contribution < 1.29 is 9.50 Å². The maximum absolute atomic E-state index is 13.1. The summed E-state index contributed by atoms with van der Waals surface area (Å²) in [6.45, 7) is 2.05. The van der Waals surface area contributed by atoms with Gasteiger partial charge in [0.15, 0.2) is 0 Å². The van der Waals surface area contributed by atoms with Crippen LogP contribution in [0.3, 0.4) is 0 Å². The third kappa shape index (κ3) is 4.01. The van der Waals surface area contributed by atoms with Crippen LogP contribution in [0.15, 0.2) is 22.7 Å². The average molecular weight is 330 g/mol. The van der Waals surface area contributed by atoms with Crippen LogP contribution in [0.5, 0.6) is 0 Å². The molecule has 0 saturated heterocycles. The van der Waals surface area contributed by atoms with E-state index in [0.717, 1.165) is 35.7 Å². The predicted molar refractivity (Wildman–Crippen MR) is 78.5 cm³/mol. The SMILES string of the molecule is CC(NC1CCCCCC1O)c1ccc(F)cc1Br. The number of aliphatic hydroxyl groups excluding tert-OH is 1. The molecular formula is C15H21BrFNO. The van der Waals surface area contributed by atoms with Gasteiger partial charge in [0.2, 0.25) is 0 Å². The molecule has 0 heterocycles. The van der Waals surface area contributed by atoms with Crippen molar-refractivity contribution >= 4 is 15.9 Å². The fourth-order valence-electron chi connectivity index (χ4n) is 2.75. The van der Waals surface area contributed by atoms with Gasteiger partial charge in [0.25, 0.3) is 0 Å². The average Bonchev–Trinajstić information content (AvgIpc) is 2.55. The van der Waals surface area contributed by atoms with E-state index in [2.05, 4.69) is 28.2 Å². The Kier molecular flexibility index (Phi) is 5.37. The standard InChI is InChI=1S/C15H21BrFNO/c1-10(12-8-7-11(17)9-13(12)16)18-14-5-3-2-4-6-15(14)19/h7-10,14-15,18-19H,2-6H2,1H3. The van der Waals surface area contributed by atoms with E-state index < -0.39 is 0 Å². The molecule has 106 valence electrons. The maximum Gasteiger partial charge on any atom is 0.124 e. The molecule has 4 heteroatoms. The van der Waals surface area contributed by atoms with Crippen molar-refractivity contribution in [1.29, 1.82) is 0 Å². The van der Waals surface area contributed by atoms with Crippen LogP contribution in [0.2, 0.25) is 0 Å². The second-order valence-corrected chi connectivity index (χ2v) is 6.22. The molecule has 0 bridgehead atoms. The molecule has 1 aromatic rings. The van der Waals surface area contributed by atoms with Gasteiger partial charge in [0.05, 0.1) is 6.10 Å². The quantitative estimate of drug-likeness (QED) is 0.823. The summed E-state index contributed by atoms with van der Waals surface area (Å²) in [5.74, 6) is -0.239. The number of benzene rings is 1. The van der Waals surface area contributed by atoms with Crippen LogP contribution >= 0.6 is 15.9 Å². The van der Waals surface area contributed by atoms with Crippen molar-refractivity contribution in [2.24, 2.45) is 0 Å². The number of hydrogen-bond donors (Lipinski definition) is 2. The lowest BCUT2D eigenvalue weighted by Gasteiger charge is -2.26. The fourth-order valence-corrected chi connectivity index (χ4v) is 3.44. The predicted octanol–water partition coefficient (Wildman–Crippen LogP) is 3.93. The third-order valence-electron chi connectivity index (χ3n) is 3.87. The molecule has 2 nitrogen and oxygen atoms in total. The van der Waals surface area contributed by atoms with E-state index in [1.807, 2.05) is 0 Å². The molecule has 3 atom stereocenters. The van der Waals surface area contributed by atoms with Gasteiger partial charge in [0, 0.05) is 16.6 Å². The molecule has 2 rings (SSSR count). The summed E-state index contributed by atoms with van der Waals surface area (Å²) < 4.78 is 13.9. The molecular weight excluding hydrogens is 309 g/mol. The van der Waals surface area contributed by atoms with E-state index in [9.17, 15) is 9.50 Å². The first-order chi connectivity index (χ1) is 9.08. The first kappa shape index (κ1) is 14.9. The number of hydrogen-bond acceptors (Lipinski definition) is 2. The first-order valence-corrected chi connectivity index (χ1v) is 7.76. The highest BCUT2D eigenvalue weighted by atomic mass is 79.9. The van der Waals surface area contributed by atoms with Crippen molar-refractivity contribution in [3.05, 3.63) is 34.1 Å². The summed E-state index contributed by atoms with van der Waals surface area (Å²) in [4.78, 5) is 0. The van der Waals surface area contributed by atoms with Crippen molar-refractivity contribution in [1.82, 2.24) is 5.32 Å².